The van der Waals surface area contributed by atoms with Gasteiger partial charge in [-0.2, -0.15) is 18.3 Å². The molecule has 2 aromatic heterocycles. The molecule has 5 rings (SSSR count). The summed E-state index contributed by atoms with van der Waals surface area (Å²) in [5.74, 6) is -1.13. The quantitative estimate of drug-likeness (QED) is 0.364. The van der Waals surface area contributed by atoms with E-state index in [9.17, 15) is 22.8 Å². The number of aromatic nitrogens is 2. The van der Waals surface area contributed by atoms with E-state index in [1.807, 2.05) is 6.92 Å². The Bertz CT molecular complexity index is 1300. The average molecular weight is 533 g/mol. The number of halogens is 3. The van der Waals surface area contributed by atoms with E-state index in [-0.39, 0.29) is 24.4 Å². The number of esters is 1. The van der Waals surface area contributed by atoms with E-state index >= 15 is 0 Å². The number of hydrogen-bond acceptors (Lipinski definition) is 6. The zero-order chi connectivity index (χ0) is 26.2. The molecule has 2 N–H and O–H groups in total. The molecule has 3 heterocycles. The number of nitrogens with zero attached hydrogens (tertiary/aromatic N) is 2. The fourth-order valence-electron chi connectivity index (χ4n) is 4.94. The van der Waals surface area contributed by atoms with Crippen molar-refractivity contribution in [3.8, 4) is 0 Å². The van der Waals surface area contributed by atoms with Gasteiger partial charge in [-0.1, -0.05) is 37.3 Å². The van der Waals surface area contributed by atoms with E-state index in [2.05, 4.69) is 15.7 Å². The summed E-state index contributed by atoms with van der Waals surface area (Å²) >= 11 is 1.33. The molecule has 0 saturated heterocycles. The highest BCUT2D eigenvalue weighted by atomic mass is 32.1. The van der Waals surface area contributed by atoms with Crippen molar-refractivity contribution in [1.29, 1.82) is 0 Å². The maximum absolute atomic E-state index is 14.0. The number of carbonyl (C=O) groups is 2. The number of anilines is 2. The molecule has 11 heteroatoms. The van der Waals surface area contributed by atoms with E-state index in [1.54, 1.807) is 30.3 Å². The van der Waals surface area contributed by atoms with Crippen molar-refractivity contribution in [3.63, 3.8) is 0 Å². The Morgan fingerprint density at radius 3 is 2.70 bits per heavy atom. The zero-order valence-corrected chi connectivity index (χ0v) is 21.0. The van der Waals surface area contributed by atoms with Crippen LogP contribution in [0.1, 0.15) is 81.4 Å². The van der Waals surface area contributed by atoms with E-state index < -0.39 is 30.1 Å². The maximum atomic E-state index is 14.0. The van der Waals surface area contributed by atoms with Crippen molar-refractivity contribution >= 4 is 34.0 Å². The zero-order valence-electron chi connectivity index (χ0n) is 20.2. The first-order chi connectivity index (χ1) is 17.8. The molecule has 0 unspecified atom stereocenters. The Kier molecular flexibility index (Phi) is 6.98. The number of nitrogens with one attached hydrogen (secondary N) is 2. The second-order valence-electron chi connectivity index (χ2n) is 9.26. The molecule has 0 fully saturated rings. The molecule has 37 heavy (non-hydrogen) atoms. The van der Waals surface area contributed by atoms with Crippen molar-refractivity contribution in [2.75, 3.05) is 17.2 Å². The standard InChI is InChI=1S/C26H27F3N4O3S/c1-2-12-36-25(35)21-16-10-6-7-11-19(16)37-24(21)32-23(34)17-14-30-33-20(26(27,28)29)13-18(31-22(17)33)15-8-4-3-5-9-15/h3-5,8-9,14,18,20,31H,2,6-7,10-13H2,1H3,(H,32,34)/t18-,20+/m1/s1. The Morgan fingerprint density at radius 2 is 1.97 bits per heavy atom. The van der Waals surface area contributed by atoms with Crippen molar-refractivity contribution in [2.45, 2.75) is 63.7 Å². The Hall–Kier alpha value is -3.34. The van der Waals surface area contributed by atoms with Gasteiger partial charge in [-0.3, -0.25) is 4.79 Å². The number of carbonyl (C=O) groups excluding carboxylic acids is 2. The van der Waals surface area contributed by atoms with Crippen LogP contribution in [0.4, 0.5) is 24.0 Å². The third-order valence-corrected chi connectivity index (χ3v) is 7.93. The fourth-order valence-corrected chi connectivity index (χ4v) is 6.21. The minimum Gasteiger partial charge on any atom is -0.462 e. The molecule has 1 aliphatic heterocycles. The van der Waals surface area contributed by atoms with Crippen LogP contribution in [0.25, 0.3) is 0 Å². The van der Waals surface area contributed by atoms with Gasteiger partial charge in [0.05, 0.1) is 24.4 Å². The van der Waals surface area contributed by atoms with Gasteiger partial charge in [-0.25, -0.2) is 9.48 Å². The minimum atomic E-state index is -4.55. The third-order valence-electron chi connectivity index (χ3n) is 6.72. The molecule has 0 bridgehead atoms. The number of fused-ring (bicyclic) bond motifs is 2. The Morgan fingerprint density at radius 1 is 1.22 bits per heavy atom. The summed E-state index contributed by atoms with van der Waals surface area (Å²) < 4.78 is 48.2. The second-order valence-corrected chi connectivity index (χ2v) is 10.4. The summed E-state index contributed by atoms with van der Waals surface area (Å²) in [6.07, 6.45) is 0.455. The molecular formula is C26H27F3N4O3S. The molecule has 2 atom stereocenters. The van der Waals surface area contributed by atoms with Gasteiger partial charge >= 0.3 is 12.1 Å². The highest BCUT2D eigenvalue weighted by Gasteiger charge is 2.47. The van der Waals surface area contributed by atoms with Crippen LogP contribution in [0.3, 0.4) is 0 Å². The van der Waals surface area contributed by atoms with Crippen molar-refractivity contribution < 1.29 is 27.5 Å². The lowest BCUT2D eigenvalue weighted by Gasteiger charge is -2.34. The smallest absolute Gasteiger partial charge is 0.410 e. The van der Waals surface area contributed by atoms with E-state index in [0.29, 0.717) is 22.5 Å². The molecule has 196 valence electrons. The van der Waals surface area contributed by atoms with Gasteiger partial charge in [0.15, 0.2) is 6.04 Å². The van der Waals surface area contributed by atoms with Crippen LogP contribution in [-0.4, -0.2) is 34.4 Å². The predicted octanol–water partition coefficient (Wildman–Crippen LogP) is 6.30. The van der Waals surface area contributed by atoms with Gasteiger partial charge in [0, 0.05) is 11.3 Å². The summed E-state index contributed by atoms with van der Waals surface area (Å²) in [7, 11) is 0. The van der Waals surface area contributed by atoms with Crippen molar-refractivity contribution in [1.82, 2.24) is 9.78 Å². The lowest BCUT2D eigenvalue weighted by Crippen LogP contribution is -2.36. The van der Waals surface area contributed by atoms with E-state index in [1.165, 1.54) is 11.3 Å². The predicted molar refractivity (Wildman–Crippen MR) is 134 cm³/mol. The molecule has 7 nitrogen and oxygen atoms in total. The lowest BCUT2D eigenvalue weighted by atomic mass is 9.95. The van der Waals surface area contributed by atoms with E-state index in [4.69, 9.17) is 4.74 Å². The second kappa shape index (κ2) is 10.2. The number of rotatable bonds is 6. The number of thiophene rings is 1. The lowest BCUT2D eigenvalue weighted by molar-refractivity contribution is -0.173. The first-order valence-electron chi connectivity index (χ1n) is 12.4. The van der Waals surface area contributed by atoms with Gasteiger partial charge in [0.25, 0.3) is 5.91 Å². The molecule has 1 aromatic carbocycles. The van der Waals surface area contributed by atoms with Gasteiger partial charge in [-0.15, -0.1) is 11.3 Å². The molecule has 0 saturated carbocycles. The number of amides is 1. The van der Waals surface area contributed by atoms with Gasteiger partial charge < -0.3 is 15.4 Å². The third kappa shape index (κ3) is 4.96. The van der Waals surface area contributed by atoms with Crippen LogP contribution >= 0.6 is 11.3 Å². The van der Waals surface area contributed by atoms with Gasteiger partial charge in [0.2, 0.25) is 0 Å². The summed E-state index contributed by atoms with van der Waals surface area (Å²) in [6.45, 7) is 2.16. The Balaban J connectivity index is 1.48. The first-order valence-corrected chi connectivity index (χ1v) is 13.2. The van der Waals surface area contributed by atoms with Crippen molar-refractivity contribution in [2.24, 2.45) is 0 Å². The van der Waals surface area contributed by atoms with E-state index in [0.717, 1.165) is 47.0 Å². The minimum absolute atomic E-state index is 0.00337. The molecule has 1 amide bonds. The number of aryl methyl sites for hydroxylation is 1. The number of ether oxygens (including phenoxy) is 1. The number of hydrogen-bond donors (Lipinski definition) is 2. The normalized spacial score (nSPS) is 18.9. The first kappa shape index (κ1) is 25.3. The average Bonchev–Trinajstić information content (AvgIpc) is 3.47. The van der Waals surface area contributed by atoms with Crippen molar-refractivity contribution in [3.05, 3.63) is 63.7 Å². The summed E-state index contributed by atoms with van der Waals surface area (Å²) in [4.78, 5) is 27.3. The summed E-state index contributed by atoms with van der Waals surface area (Å²) in [6, 6.07) is 6.28. The fraction of sp³-hybridized carbons (Fsp3) is 0.423. The van der Waals surface area contributed by atoms with Gasteiger partial charge in [-0.05, 0) is 43.2 Å². The summed E-state index contributed by atoms with van der Waals surface area (Å²) in [5.41, 5.74) is 1.91. The highest BCUT2D eigenvalue weighted by molar-refractivity contribution is 7.17. The molecule has 2 aliphatic rings. The molecule has 1 aliphatic carbocycles. The molecular weight excluding hydrogens is 505 g/mol. The monoisotopic (exact) mass is 532 g/mol. The van der Waals surface area contributed by atoms with Gasteiger partial charge in [0.1, 0.15) is 16.4 Å². The number of benzene rings is 1. The SMILES string of the molecule is CCCOC(=O)c1c(NC(=O)c2cnn3c2N[C@@H](c2ccccc2)C[C@H]3C(F)(F)F)sc2c1CCCC2. The topological polar surface area (TPSA) is 85.2 Å². The van der Waals surface area contributed by atoms with Crippen LogP contribution in [-0.2, 0) is 17.6 Å². The van der Waals surface area contributed by atoms with Crippen LogP contribution in [0.5, 0.6) is 0 Å². The molecule has 0 radical (unpaired) electrons. The van der Waals surface area contributed by atoms with Crippen LogP contribution < -0.4 is 10.6 Å². The van der Waals surface area contributed by atoms with Crippen LogP contribution in [0, 0.1) is 0 Å². The molecule has 3 aromatic rings. The largest absolute Gasteiger partial charge is 0.462 e. The number of alkyl halides is 3. The Labute approximate surface area is 216 Å². The molecule has 0 spiro atoms. The van der Waals surface area contributed by atoms with Crippen LogP contribution in [0.15, 0.2) is 36.5 Å². The summed E-state index contributed by atoms with van der Waals surface area (Å²) in [5, 5.41) is 10.2. The maximum Gasteiger partial charge on any atom is 0.410 e. The highest BCUT2D eigenvalue weighted by Crippen LogP contribution is 2.45. The van der Waals surface area contributed by atoms with Crippen LogP contribution in [0.2, 0.25) is 0 Å².